The number of carbonyl (C=O) groups is 1. The van der Waals surface area contributed by atoms with E-state index in [2.05, 4.69) is 4.98 Å². The molecular formula is C11H10N2O2. The Morgan fingerprint density at radius 1 is 1.47 bits per heavy atom. The number of nitrogens with two attached hydrogens (primary N) is 1. The van der Waals surface area contributed by atoms with Gasteiger partial charge in [0.1, 0.15) is 5.56 Å². The number of aromatic nitrogens is 1. The molecular weight excluding hydrogens is 192 g/mol. The van der Waals surface area contributed by atoms with Crippen LogP contribution in [0.4, 0.5) is 5.69 Å². The zero-order chi connectivity index (χ0) is 11.0. The van der Waals surface area contributed by atoms with Crippen LogP contribution in [0.25, 0.3) is 10.9 Å². The average molecular weight is 202 g/mol. The Morgan fingerprint density at radius 3 is 2.87 bits per heavy atom. The molecule has 0 aliphatic carbocycles. The first-order chi connectivity index (χ1) is 7.09. The molecule has 0 atom stereocenters. The third kappa shape index (κ3) is 1.50. The van der Waals surface area contributed by atoms with E-state index in [0.717, 1.165) is 5.56 Å². The van der Waals surface area contributed by atoms with Crippen LogP contribution in [-0.4, -0.2) is 16.1 Å². The van der Waals surface area contributed by atoms with Gasteiger partial charge in [-0.25, -0.2) is 4.79 Å². The summed E-state index contributed by atoms with van der Waals surface area (Å²) in [4.78, 5) is 14.9. The van der Waals surface area contributed by atoms with Crippen LogP contribution >= 0.6 is 0 Å². The van der Waals surface area contributed by atoms with Gasteiger partial charge in [-0.3, -0.25) is 4.98 Å². The molecule has 0 aliphatic heterocycles. The van der Waals surface area contributed by atoms with Gasteiger partial charge in [0.25, 0.3) is 0 Å². The lowest BCUT2D eigenvalue weighted by Gasteiger charge is -2.05. The zero-order valence-electron chi connectivity index (χ0n) is 8.19. The molecule has 4 nitrogen and oxygen atoms in total. The first-order valence-electron chi connectivity index (χ1n) is 4.47. The first-order valence-corrected chi connectivity index (χ1v) is 4.47. The number of nitrogen functional groups attached to an aromatic ring is 1. The van der Waals surface area contributed by atoms with Crippen LogP contribution in [-0.2, 0) is 0 Å². The number of hydrogen-bond donors (Lipinski definition) is 2. The maximum absolute atomic E-state index is 10.8. The number of hydrogen-bond acceptors (Lipinski definition) is 3. The van der Waals surface area contributed by atoms with Crippen molar-refractivity contribution in [3.05, 3.63) is 35.5 Å². The van der Waals surface area contributed by atoms with E-state index < -0.39 is 5.97 Å². The topological polar surface area (TPSA) is 76.2 Å². The fraction of sp³-hybridized carbons (Fsp3) is 0.0909. The number of pyridine rings is 1. The van der Waals surface area contributed by atoms with E-state index in [4.69, 9.17) is 10.8 Å². The number of anilines is 1. The van der Waals surface area contributed by atoms with Crippen LogP contribution in [0.3, 0.4) is 0 Å². The van der Waals surface area contributed by atoms with Crippen molar-refractivity contribution in [1.29, 1.82) is 0 Å². The summed E-state index contributed by atoms with van der Waals surface area (Å²) < 4.78 is 0. The molecule has 0 saturated heterocycles. The van der Waals surface area contributed by atoms with E-state index in [1.54, 1.807) is 0 Å². The van der Waals surface area contributed by atoms with Crippen LogP contribution in [0.5, 0.6) is 0 Å². The number of aromatic carboxylic acids is 1. The Bertz CT molecular complexity index is 550. The molecule has 0 radical (unpaired) electrons. The van der Waals surface area contributed by atoms with Crippen LogP contribution in [0.2, 0.25) is 0 Å². The van der Waals surface area contributed by atoms with Gasteiger partial charge in [0, 0.05) is 11.6 Å². The molecule has 0 saturated carbocycles. The van der Waals surface area contributed by atoms with E-state index in [1.165, 1.54) is 6.20 Å². The quantitative estimate of drug-likeness (QED) is 0.739. The lowest BCUT2D eigenvalue weighted by molar-refractivity contribution is 0.0698. The Labute approximate surface area is 86.4 Å². The molecule has 15 heavy (non-hydrogen) atoms. The van der Waals surface area contributed by atoms with Gasteiger partial charge in [-0.15, -0.1) is 0 Å². The minimum atomic E-state index is -1.05. The molecule has 2 aromatic rings. The van der Waals surface area contributed by atoms with Gasteiger partial charge in [0.15, 0.2) is 0 Å². The van der Waals surface area contributed by atoms with Gasteiger partial charge < -0.3 is 10.8 Å². The second kappa shape index (κ2) is 3.24. The molecule has 2 rings (SSSR count). The van der Waals surface area contributed by atoms with Gasteiger partial charge in [-0.2, -0.15) is 0 Å². The fourth-order valence-corrected chi connectivity index (χ4v) is 1.50. The molecule has 76 valence electrons. The maximum atomic E-state index is 10.8. The van der Waals surface area contributed by atoms with Gasteiger partial charge in [-0.05, 0) is 19.1 Å². The van der Waals surface area contributed by atoms with Crippen molar-refractivity contribution in [3.63, 3.8) is 0 Å². The summed E-state index contributed by atoms with van der Waals surface area (Å²) in [7, 11) is 0. The minimum Gasteiger partial charge on any atom is -0.478 e. The monoisotopic (exact) mass is 202 g/mol. The Kier molecular flexibility index (Phi) is 2.04. The van der Waals surface area contributed by atoms with Gasteiger partial charge in [0.05, 0.1) is 11.2 Å². The number of carboxylic acid groups (broad SMARTS) is 1. The van der Waals surface area contributed by atoms with Crippen LogP contribution < -0.4 is 5.73 Å². The third-order valence-electron chi connectivity index (χ3n) is 2.30. The van der Waals surface area contributed by atoms with Crippen molar-refractivity contribution in [3.8, 4) is 0 Å². The van der Waals surface area contributed by atoms with Crippen molar-refractivity contribution >= 4 is 22.6 Å². The number of aryl methyl sites for hydroxylation is 1. The molecule has 3 N–H and O–H groups in total. The molecule has 0 aliphatic rings. The van der Waals surface area contributed by atoms with E-state index >= 15 is 0 Å². The van der Waals surface area contributed by atoms with E-state index in [1.807, 2.05) is 25.1 Å². The highest BCUT2D eigenvalue weighted by Gasteiger charge is 2.11. The van der Waals surface area contributed by atoms with Crippen molar-refractivity contribution < 1.29 is 9.90 Å². The lowest BCUT2D eigenvalue weighted by atomic mass is 10.1. The van der Waals surface area contributed by atoms with Crippen molar-refractivity contribution in [2.45, 2.75) is 6.92 Å². The van der Waals surface area contributed by atoms with E-state index in [0.29, 0.717) is 10.9 Å². The average Bonchev–Trinajstić information content (AvgIpc) is 2.19. The number of benzene rings is 1. The predicted octanol–water partition coefficient (Wildman–Crippen LogP) is 1.82. The van der Waals surface area contributed by atoms with Crippen molar-refractivity contribution in [2.24, 2.45) is 0 Å². The predicted molar refractivity (Wildman–Crippen MR) is 57.9 cm³/mol. The summed E-state index contributed by atoms with van der Waals surface area (Å²) >= 11 is 0. The van der Waals surface area contributed by atoms with Crippen molar-refractivity contribution in [1.82, 2.24) is 4.98 Å². The number of nitrogens with zero attached hydrogens (tertiary/aromatic N) is 1. The lowest BCUT2D eigenvalue weighted by Crippen LogP contribution is -2.04. The number of carboxylic acids is 1. The molecule has 4 heteroatoms. The van der Waals surface area contributed by atoms with Crippen LogP contribution in [0, 0.1) is 6.92 Å². The normalized spacial score (nSPS) is 10.5. The highest BCUT2D eigenvalue weighted by molar-refractivity contribution is 6.03. The highest BCUT2D eigenvalue weighted by Crippen LogP contribution is 2.23. The standard InChI is InChI=1S/C11H10N2O2/c1-6-2-3-9-7(4-6)10(12)8(5-13-9)11(14)15/h2-5H,1H3,(H2,12,13)(H,14,15). The van der Waals surface area contributed by atoms with E-state index in [-0.39, 0.29) is 11.3 Å². The fourth-order valence-electron chi connectivity index (χ4n) is 1.50. The second-order valence-corrected chi connectivity index (χ2v) is 3.41. The Balaban J connectivity index is 2.82. The smallest absolute Gasteiger partial charge is 0.339 e. The summed E-state index contributed by atoms with van der Waals surface area (Å²) in [5, 5.41) is 9.56. The third-order valence-corrected chi connectivity index (χ3v) is 2.30. The van der Waals surface area contributed by atoms with Gasteiger partial charge in [-0.1, -0.05) is 11.6 Å². The summed E-state index contributed by atoms with van der Waals surface area (Å²) in [5.74, 6) is -1.05. The summed E-state index contributed by atoms with van der Waals surface area (Å²) in [5.41, 5.74) is 7.83. The van der Waals surface area contributed by atoms with Gasteiger partial charge >= 0.3 is 5.97 Å². The molecule has 0 bridgehead atoms. The molecule has 1 aromatic heterocycles. The highest BCUT2D eigenvalue weighted by atomic mass is 16.4. The second-order valence-electron chi connectivity index (χ2n) is 3.41. The molecule has 1 aromatic carbocycles. The Hall–Kier alpha value is -2.10. The summed E-state index contributed by atoms with van der Waals surface area (Å²) in [6, 6.07) is 5.58. The van der Waals surface area contributed by atoms with E-state index in [9.17, 15) is 4.79 Å². The van der Waals surface area contributed by atoms with Crippen molar-refractivity contribution in [2.75, 3.05) is 5.73 Å². The number of fused-ring (bicyclic) bond motifs is 1. The maximum Gasteiger partial charge on any atom is 0.339 e. The molecule has 0 amide bonds. The molecule has 0 spiro atoms. The minimum absolute atomic E-state index is 0.0492. The SMILES string of the molecule is Cc1ccc2ncc(C(=O)O)c(N)c2c1. The molecule has 0 fully saturated rings. The largest absolute Gasteiger partial charge is 0.478 e. The summed E-state index contributed by atoms with van der Waals surface area (Å²) in [6.45, 7) is 1.92. The zero-order valence-corrected chi connectivity index (χ0v) is 8.19. The van der Waals surface area contributed by atoms with Crippen LogP contribution in [0.1, 0.15) is 15.9 Å². The van der Waals surface area contributed by atoms with Gasteiger partial charge in [0.2, 0.25) is 0 Å². The summed E-state index contributed by atoms with van der Waals surface area (Å²) in [6.07, 6.45) is 1.29. The first kappa shape index (κ1) is 9.45. The molecule has 1 heterocycles. The van der Waals surface area contributed by atoms with Crippen LogP contribution in [0.15, 0.2) is 24.4 Å². The Morgan fingerprint density at radius 2 is 2.20 bits per heavy atom. The number of rotatable bonds is 1. The molecule has 0 unspecified atom stereocenters.